The number of aliphatic hydroxyl groups excluding tert-OH is 1. The number of piperidine rings is 1. The Kier molecular flexibility index (Phi) is 4.20. The number of aliphatic hydroxyl groups is 1. The first-order valence-electron chi connectivity index (χ1n) is 6.39. The van der Waals surface area contributed by atoms with Gasteiger partial charge in [0.1, 0.15) is 5.75 Å². The van der Waals surface area contributed by atoms with E-state index in [1.165, 1.54) is 0 Å². The van der Waals surface area contributed by atoms with Crippen LogP contribution in [0.3, 0.4) is 0 Å². The molecule has 1 aliphatic heterocycles. The number of aromatic hydroxyl groups is 1. The van der Waals surface area contributed by atoms with Gasteiger partial charge in [0.2, 0.25) is 5.91 Å². The summed E-state index contributed by atoms with van der Waals surface area (Å²) in [7, 11) is 0. The molecule has 1 atom stereocenters. The van der Waals surface area contributed by atoms with Gasteiger partial charge in [-0.3, -0.25) is 4.79 Å². The third kappa shape index (κ3) is 3.23. The Hall–Kier alpha value is -1.55. The molecule has 18 heavy (non-hydrogen) atoms. The van der Waals surface area contributed by atoms with Gasteiger partial charge in [-0.2, -0.15) is 0 Å². The van der Waals surface area contributed by atoms with Crippen molar-refractivity contribution in [2.24, 2.45) is 0 Å². The number of hydrogen-bond acceptors (Lipinski definition) is 3. The number of phenols is 1. The van der Waals surface area contributed by atoms with Crippen LogP contribution < -0.4 is 0 Å². The van der Waals surface area contributed by atoms with Crippen LogP contribution in [-0.4, -0.2) is 40.2 Å². The zero-order chi connectivity index (χ0) is 13.0. The molecule has 1 aromatic rings. The molecule has 1 amide bonds. The molecule has 4 heteroatoms. The second-order valence-corrected chi connectivity index (χ2v) is 4.76. The normalized spacial score (nSPS) is 19.8. The molecule has 1 saturated heterocycles. The van der Waals surface area contributed by atoms with Crippen molar-refractivity contribution in [3.63, 3.8) is 0 Å². The zero-order valence-corrected chi connectivity index (χ0v) is 10.4. The second kappa shape index (κ2) is 5.87. The number of para-hydroxylation sites is 1. The van der Waals surface area contributed by atoms with Crippen LogP contribution >= 0.6 is 0 Å². The molecule has 0 bridgehead atoms. The number of β-amino-alcohol motifs (C(OH)–C–C–N with tert-alkyl or cyclic N) is 1. The van der Waals surface area contributed by atoms with Crippen molar-refractivity contribution >= 4 is 5.91 Å². The van der Waals surface area contributed by atoms with Crippen LogP contribution in [0.1, 0.15) is 24.8 Å². The topological polar surface area (TPSA) is 60.8 Å². The van der Waals surface area contributed by atoms with Crippen molar-refractivity contribution in [2.45, 2.75) is 31.8 Å². The third-order valence-corrected chi connectivity index (χ3v) is 3.35. The van der Waals surface area contributed by atoms with Gasteiger partial charge in [-0.05, 0) is 30.9 Å². The quantitative estimate of drug-likeness (QED) is 0.849. The standard InChI is InChI=1S/C14H19NO3/c16-12-5-3-9-15(10-12)14(18)8-7-11-4-1-2-6-13(11)17/h1-2,4,6,12,16-17H,3,5,7-10H2/t12-/m0/s1. The lowest BCUT2D eigenvalue weighted by atomic mass is 10.1. The summed E-state index contributed by atoms with van der Waals surface area (Å²) in [5.74, 6) is 0.293. The number of benzene rings is 1. The van der Waals surface area contributed by atoms with Gasteiger partial charge in [-0.25, -0.2) is 0 Å². The first kappa shape index (κ1) is 12.9. The van der Waals surface area contributed by atoms with Crippen LogP contribution in [0.15, 0.2) is 24.3 Å². The Morgan fingerprint density at radius 3 is 2.89 bits per heavy atom. The monoisotopic (exact) mass is 249 g/mol. The molecule has 1 heterocycles. The number of nitrogens with zero attached hydrogens (tertiary/aromatic N) is 1. The minimum atomic E-state index is -0.382. The van der Waals surface area contributed by atoms with E-state index in [1.54, 1.807) is 17.0 Å². The van der Waals surface area contributed by atoms with Gasteiger partial charge in [-0.1, -0.05) is 18.2 Å². The second-order valence-electron chi connectivity index (χ2n) is 4.76. The molecule has 1 fully saturated rings. The molecular weight excluding hydrogens is 230 g/mol. The zero-order valence-electron chi connectivity index (χ0n) is 10.4. The summed E-state index contributed by atoms with van der Waals surface area (Å²) in [5, 5.41) is 19.1. The Morgan fingerprint density at radius 1 is 1.39 bits per heavy atom. The molecule has 0 spiro atoms. The average molecular weight is 249 g/mol. The van der Waals surface area contributed by atoms with Gasteiger partial charge in [-0.15, -0.1) is 0 Å². The molecule has 98 valence electrons. The van der Waals surface area contributed by atoms with E-state index >= 15 is 0 Å². The van der Waals surface area contributed by atoms with E-state index in [0.29, 0.717) is 19.4 Å². The predicted octanol–water partition coefficient (Wildman–Crippen LogP) is 1.31. The molecular formula is C14H19NO3. The van der Waals surface area contributed by atoms with Crippen LogP contribution in [-0.2, 0) is 11.2 Å². The highest BCUT2D eigenvalue weighted by Gasteiger charge is 2.21. The van der Waals surface area contributed by atoms with Gasteiger partial charge in [0, 0.05) is 19.5 Å². The number of carbonyl (C=O) groups excluding carboxylic acids is 1. The molecule has 0 aromatic heterocycles. The SMILES string of the molecule is O=C(CCc1ccccc1O)N1CCC[C@H](O)C1. The minimum Gasteiger partial charge on any atom is -0.508 e. The molecule has 0 saturated carbocycles. The van der Waals surface area contributed by atoms with Gasteiger partial charge in [0.25, 0.3) is 0 Å². The lowest BCUT2D eigenvalue weighted by Gasteiger charge is -2.30. The fraction of sp³-hybridized carbons (Fsp3) is 0.500. The molecule has 0 aliphatic carbocycles. The summed E-state index contributed by atoms with van der Waals surface area (Å²) in [6, 6.07) is 7.07. The van der Waals surface area contributed by atoms with Gasteiger partial charge < -0.3 is 15.1 Å². The Morgan fingerprint density at radius 2 is 2.17 bits per heavy atom. The molecule has 0 unspecified atom stereocenters. The Bertz CT molecular complexity index is 419. The maximum Gasteiger partial charge on any atom is 0.222 e. The van der Waals surface area contributed by atoms with Crippen molar-refractivity contribution < 1.29 is 15.0 Å². The first-order chi connectivity index (χ1) is 8.66. The van der Waals surface area contributed by atoms with Gasteiger partial charge >= 0.3 is 0 Å². The summed E-state index contributed by atoms with van der Waals surface area (Å²) in [4.78, 5) is 13.7. The van der Waals surface area contributed by atoms with E-state index in [4.69, 9.17) is 0 Å². The van der Waals surface area contributed by atoms with Crippen molar-refractivity contribution in [1.82, 2.24) is 4.90 Å². The molecule has 0 radical (unpaired) electrons. The number of phenolic OH excluding ortho intramolecular Hbond substituents is 1. The number of hydrogen-bond donors (Lipinski definition) is 2. The summed E-state index contributed by atoms with van der Waals surface area (Å²) in [5.41, 5.74) is 0.795. The highest BCUT2D eigenvalue weighted by atomic mass is 16.3. The van der Waals surface area contributed by atoms with Gasteiger partial charge in [0.05, 0.1) is 6.10 Å². The van der Waals surface area contributed by atoms with E-state index in [2.05, 4.69) is 0 Å². The van der Waals surface area contributed by atoms with Crippen LogP contribution in [0.4, 0.5) is 0 Å². The van der Waals surface area contributed by atoms with E-state index in [-0.39, 0.29) is 17.8 Å². The van der Waals surface area contributed by atoms with Gasteiger partial charge in [0.15, 0.2) is 0 Å². The predicted molar refractivity (Wildman–Crippen MR) is 68.2 cm³/mol. The first-order valence-corrected chi connectivity index (χ1v) is 6.39. The Balaban J connectivity index is 1.86. The maximum absolute atomic E-state index is 12.0. The molecule has 4 nitrogen and oxygen atoms in total. The number of aryl methyl sites for hydroxylation is 1. The summed E-state index contributed by atoms with van der Waals surface area (Å²) in [6.07, 6.45) is 2.18. The summed E-state index contributed by atoms with van der Waals surface area (Å²) in [6.45, 7) is 1.18. The van der Waals surface area contributed by atoms with Crippen LogP contribution in [0.5, 0.6) is 5.75 Å². The average Bonchev–Trinajstić information content (AvgIpc) is 2.37. The van der Waals surface area contributed by atoms with E-state index in [9.17, 15) is 15.0 Å². The summed E-state index contributed by atoms with van der Waals surface area (Å²) >= 11 is 0. The lowest BCUT2D eigenvalue weighted by Crippen LogP contribution is -2.42. The Labute approximate surface area is 107 Å². The molecule has 2 N–H and O–H groups in total. The van der Waals surface area contributed by atoms with Crippen molar-refractivity contribution in [1.29, 1.82) is 0 Å². The molecule has 2 rings (SSSR count). The minimum absolute atomic E-state index is 0.0528. The number of likely N-dealkylation sites (tertiary alicyclic amines) is 1. The fourth-order valence-electron chi connectivity index (χ4n) is 2.30. The van der Waals surface area contributed by atoms with E-state index < -0.39 is 0 Å². The van der Waals surface area contributed by atoms with Crippen molar-refractivity contribution in [2.75, 3.05) is 13.1 Å². The van der Waals surface area contributed by atoms with E-state index in [1.807, 2.05) is 12.1 Å². The highest BCUT2D eigenvalue weighted by molar-refractivity contribution is 5.76. The summed E-state index contributed by atoms with van der Waals surface area (Å²) < 4.78 is 0. The number of amides is 1. The fourth-order valence-corrected chi connectivity index (χ4v) is 2.30. The lowest BCUT2D eigenvalue weighted by molar-refractivity contribution is -0.134. The van der Waals surface area contributed by atoms with Crippen LogP contribution in [0.25, 0.3) is 0 Å². The number of rotatable bonds is 3. The molecule has 1 aromatic carbocycles. The van der Waals surface area contributed by atoms with Crippen molar-refractivity contribution in [3.05, 3.63) is 29.8 Å². The largest absolute Gasteiger partial charge is 0.508 e. The van der Waals surface area contributed by atoms with Crippen molar-refractivity contribution in [3.8, 4) is 5.75 Å². The molecule has 1 aliphatic rings. The highest BCUT2D eigenvalue weighted by Crippen LogP contribution is 2.18. The van der Waals surface area contributed by atoms with Crippen LogP contribution in [0, 0.1) is 0 Å². The maximum atomic E-state index is 12.0. The number of carbonyl (C=O) groups is 1. The van der Waals surface area contributed by atoms with E-state index in [0.717, 1.165) is 24.9 Å². The third-order valence-electron chi connectivity index (χ3n) is 3.35. The van der Waals surface area contributed by atoms with Crippen LogP contribution in [0.2, 0.25) is 0 Å². The smallest absolute Gasteiger partial charge is 0.222 e.